The van der Waals surface area contributed by atoms with E-state index in [1.165, 1.54) is 24.0 Å². The van der Waals surface area contributed by atoms with Gasteiger partial charge in [-0.05, 0) is 57.4 Å². The predicted octanol–water partition coefficient (Wildman–Crippen LogP) is 2.95. The molecule has 1 aromatic carbocycles. The predicted molar refractivity (Wildman–Crippen MR) is 87.1 cm³/mol. The van der Waals surface area contributed by atoms with E-state index in [1.54, 1.807) is 0 Å². The van der Waals surface area contributed by atoms with Gasteiger partial charge in [0.15, 0.2) is 0 Å². The molecule has 1 saturated carbocycles. The van der Waals surface area contributed by atoms with E-state index in [9.17, 15) is 4.79 Å². The Hall–Kier alpha value is -1.35. The van der Waals surface area contributed by atoms with Crippen molar-refractivity contribution in [3.63, 3.8) is 0 Å². The number of hydrogen-bond acceptors (Lipinski definition) is 2. The summed E-state index contributed by atoms with van der Waals surface area (Å²) >= 11 is 0. The molecule has 0 aromatic heterocycles. The highest BCUT2D eigenvalue weighted by Crippen LogP contribution is 2.39. The molecule has 0 saturated heterocycles. The number of aryl methyl sites for hydroxylation is 2. The van der Waals surface area contributed by atoms with Crippen LogP contribution in [-0.2, 0) is 11.2 Å². The second-order valence-electron chi connectivity index (χ2n) is 6.64. The van der Waals surface area contributed by atoms with E-state index in [2.05, 4.69) is 43.4 Å². The van der Waals surface area contributed by atoms with Crippen LogP contribution in [0.15, 0.2) is 24.3 Å². The van der Waals surface area contributed by atoms with Crippen LogP contribution in [0.5, 0.6) is 0 Å². The fourth-order valence-corrected chi connectivity index (χ4v) is 2.79. The summed E-state index contributed by atoms with van der Waals surface area (Å²) in [6.45, 7) is 4.71. The summed E-state index contributed by atoms with van der Waals surface area (Å²) in [6, 6.07) is 8.64. The van der Waals surface area contributed by atoms with E-state index in [0.717, 1.165) is 19.3 Å². The summed E-state index contributed by atoms with van der Waals surface area (Å²) in [7, 11) is 0. The Bertz CT molecular complexity index is 465. The van der Waals surface area contributed by atoms with Crippen LogP contribution in [0.3, 0.4) is 0 Å². The third-order valence-electron chi connectivity index (χ3n) is 4.57. The average molecular weight is 288 g/mol. The van der Waals surface area contributed by atoms with E-state index >= 15 is 0 Å². The van der Waals surface area contributed by atoms with Crippen molar-refractivity contribution in [1.29, 1.82) is 0 Å². The van der Waals surface area contributed by atoms with Crippen LogP contribution in [0.4, 0.5) is 0 Å². The second kappa shape index (κ2) is 7.08. The Kier molecular flexibility index (Phi) is 5.40. The molecular formula is C18H28N2O. The third-order valence-corrected chi connectivity index (χ3v) is 4.57. The van der Waals surface area contributed by atoms with Gasteiger partial charge in [0.2, 0.25) is 5.91 Å². The lowest BCUT2D eigenvalue weighted by atomic mass is 9.95. The molecule has 1 fully saturated rings. The first kappa shape index (κ1) is 16.0. The molecule has 0 radical (unpaired) electrons. The van der Waals surface area contributed by atoms with Crippen LogP contribution in [0, 0.1) is 12.8 Å². The molecule has 0 heterocycles. The second-order valence-corrected chi connectivity index (χ2v) is 6.64. The number of rotatable bonds is 8. The molecule has 0 aliphatic heterocycles. The minimum atomic E-state index is -0.186. The van der Waals surface area contributed by atoms with E-state index in [1.807, 2.05) is 0 Å². The Morgan fingerprint density at radius 2 is 1.95 bits per heavy atom. The lowest BCUT2D eigenvalue weighted by Crippen LogP contribution is -2.53. The number of benzene rings is 1. The van der Waals surface area contributed by atoms with Crippen molar-refractivity contribution in [2.75, 3.05) is 6.54 Å². The summed E-state index contributed by atoms with van der Waals surface area (Å²) in [5.74, 6) is 0.734. The quantitative estimate of drug-likeness (QED) is 0.723. The van der Waals surface area contributed by atoms with Crippen molar-refractivity contribution in [2.24, 2.45) is 11.7 Å². The summed E-state index contributed by atoms with van der Waals surface area (Å²) in [6.07, 6.45) is 6.03. The zero-order valence-corrected chi connectivity index (χ0v) is 13.3. The zero-order chi connectivity index (χ0) is 15.3. The van der Waals surface area contributed by atoms with Gasteiger partial charge in [0.05, 0.1) is 5.54 Å². The van der Waals surface area contributed by atoms with Gasteiger partial charge in [0, 0.05) is 13.0 Å². The maximum absolute atomic E-state index is 12.0. The third kappa shape index (κ3) is 4.85. The SMILES string of the molecule is Cc1ccc(CCCCC(=O)NC(C)(CN)C2CC2)cc1. The lowest BCUT2D eigenvalue weighted by molar-refractivity contribution is -0.123. The molecule has 1 unspecified atom stereocenters. The summed E-state index contributed by atoms with van der Waals surface area (Å²) in [4.78, 5) is 12.0. The minimum Gasteiger partial charge on any atom is -0.349 e. The fourth-order valence-electron chi connectivity index (χ4n) is 2.79. The van der Waals surface area contributed by atoms with Gasteiger partial charge in [-0.2, -0.15) is 0 Å². The molecule has 1 aliphatic carbocycles. The number of carbonyl (C=O) groups is 1. The Morgan fingerprint density at radius 1 is 1.29 bits per heavy atom. The Labute approximate surface area is 128 Å². The van der Waals surface area contributed by atoms with Gasteiger partial charge in [-0.3, -0.25) is 4.79 Å². The number of unbranched alkanes of at least 4 members (excludes halogenated alkanes) is 1. The molecule has 21 heavy (non-hydrogen) atoms. The molecule has 1 amide bonds. The zero-order valence-electron chi connectivity index (χ0n) is 13.3. The molecule has 3 nitrogen and oxygen atoms in total. The molecule has 1 aliphatic rings. The van der Waals surface area contributed by atoms with Crippen LogP contribution in [0.1, 0.15) is 50.2 Å². The molecule has 1 atom stereocenters. The van der Waals surface area contributed by atoms with E-state index in [4.69, 9.17) is 5.73 Å². The molecule has 0 spiro atoms. The highest BCUT2D eigenvalue weighted by atomic mass is 16.1. The topological polar surface area (TPSA) is 55.1 Å². The molecule has 116 valence electrons. The first-order chi connectivity index (χ1) is 10.0. The van der Waals surface area contributed by atoms with Crippen molar-refractivity contribution in [2.45, 2.75) is 57.9 Å². The van der Waals surface area contributed by atoms with Crippen LogP contribution in [-0.4, -0.2) is 18.0 Å². The largest absolute Gasteiger partial charge is 0.349 e. The smallest absolute Gasteiger partial charge is 0.220 e. The molecule has 3 N–H and O–H groups in total. The minimum absolute atomic E-state index is 0.152. The van der Waals surface area contributed by atoms with Crippen molar-refractivity contribution in [1.82, 2.24) is 5.32 Å². The highest BCUT2D eigenvalue weighted by molar-refractivity contribution is 5.76. The fraction of sp³-hybridized carbons (Fsp3) is 0.611. The van der Waals surface area contributed by atoms with Gasteiger partial charge in [-0.25, -0.2) is 0 Å². The van der Waals surface area contributed by atoms with E-state index in [-0.39, 0.29) is 11.4 Å². The van der Waals surface area contributed by atoms with Gasteiger partial charge in [-0.1, -0.05) is 29.8 Å². The van der Waals surface area contributed by atoms with Crippen LogP contribution >= 0.6 is 0 Å². The number of hydrogen-bond donors (Lipinski definition) is 2. The summed E-state index contributed by atoms with van der Waals surface area (Å²) in [5, 5.41) is 3.15. The number of carbonyl (C=O) groups excluding carboxylic acids is 1. The first-order valence-corrected chi connectivity index (χ1v) is 8.10. The van der Waals surface area contributed by atoms with Gasteiger partial charge < -0.3 is 11.1 Å². The number of amides is 1. The van der Waals surface area contributed by atoms with Crippen LogP contribution in [0.25, 0.3) is 0 Å². The van der Waals surface area contributed by atoms with Crippen LogP contribution in [0.2, 0.25) is 0 Å². The molecule has 1 aromatic rings. The highest BCUT2D eigenvalue weighted by Gasteiger charge is 2.41. The van der Waals surface area contributed by atoms with Gasteiger partial charge >= 0.3 is 0 Å². The van der Waals surface area contributed by atoms with Crippen molar-refractivity contribution < 1.29 is 4.79 Å². The van der Waals surface area contributed by atoms with Gasteiger partial charge in [0.1, 0.15) is 0 Å². The molecule has 3 heteroatoms. The first-order valence-electron chi connectivity index (χ1n) is 8.10. The average Bonchev–Trinajstić information content (AvgIpc) is 3.30. The monoisotopic (exact) mass is 288 g/mol. The van der Waals surface area contributed by atoms with Crippen molar-refractivity contribution in [3.05, 3.63) is 35.4 Å². The van der Waals surface area contributed by atoms with Gasteiger partial charge in [-0.15, -0.1) is 0 Å². The molecule has 2 rings (SSSR count). The molecular weight excluding hydrogens is 260 g/mol. The Morgan fingerprint density at radius 3 is 2.52 bits per heavy atom. The lowest BCUT2D eigenvalue weighted by Gasteiger charge is -2.29. The normalized spacial score (nSPS) is 17.3. The van der Waals surface area contributed by atoms with Gasteiger partial charge in [0.25, 0.3) is 0 Å². The summed E-state index contributed by atoms with van der Waals surface area (Å²) < 4.78 is 0. The van der Waals surface area contributed by atoms with E-state index < -0.39 is 0 Å². The van der Waals surface area contributed by atoms with Crippen LogP contribution < -0.4 is 11.1 Å². The number of nitrogens with two attached hydrogens (primary N) is 1. The Balaban J connectivity index is 1.66. The van der Waals surface area contributed by atoms with Crippen molar-refractivity contribution in [3.8, 4) is 0 Å². The van der Waals surface area contributed by atoms with E-state index in [0.29, 0.717) is 18.9 Å². The number of nitrogens with one attached hydrogen (secondary N) is 1. The standard InChI is InChI=1S/C18H28N2O/c1-14-7-9-15(10-8-14)5-3-4-6-17(21)20-18(2,13-19)16-11-12-16/h7-10,16H,3-6,11-13,19H2,1-2H3,(H,20,21). The summed E-state index contributed by atoms with van der Waals surface area (Å²) in [5.41, 5.74) is 8.28. The maximum atomic E-state index is 12.0. The molecule has 0 bridgehead atoms. The maximum Gasteiger partial charge on any atom is 0.220 e. The van der Waals surface area contributed by atoms with Crippen molar-refractivity contribution >= 4 is 5.91 Å².